The maximum absolute atomic E-state index is 12.7. The lowest BCUT2D eigenvalue weighted by atomic mass is 10.2. The zero-order valence-corrected chi connectivity index (χ0v) is 10.8. The first-order valence-corrected chi connectivity index (χ1v) is 5.87. The lowest BCUT2D eigenvalue weighted by Crippen LogP contribution is -2.06. The Morgan fingerprint density at radius 1 is 1.10 bits per heavy atom. The molecule has 0 aliphatic heterocycles. The molecule has 0 unspecified atom stereocenters. The molecule has 7 heteroatoms. The van der Waals surface area contributed by atoms with Crippen LogP contribution in [0.15, 0.2) is 42.5 Å². The Kier molecular flexibility index (Phi) is 3.84. The fraction of sp³-hybridized carbons (Fsp3) is 0.143. The van der Waals surface area contributed by atoms with Gasteiger partial charge in [0.25, 0.3) is 5.69 Å². The topological polar surface area (TPSA) is 52.4 Å². The van der Waals surface area contributed by atoms with E-state index in [-0.39, 0.29) is 5.75 Å². The van der Waals surface area contributed by atoms with E-state index in [0.717, 1.165) is 17.7 Å². The van der Waals surface area contributed by atoms with Crippen molar-refractivity contribution in [3.8, 4) is 11.5 Å². The zero-order valence-electron chi connectivity index (χ0n) is 10.8. The van der Waals surface area contributed by atoms with Gasteiger partial charge in [-0.3, -0.25) is 10.1 Å². The second-order valence-electron chi connectivity index (χ2n) is 4.39. The van der Waals surface area contributed by atoms with Crippen LogP contribution >= 0.6 is 0 Å². The van der Waals surface area contributed by atoms with Crippen LogP contribution in [0.1, 0.15) is 11.1 Å². The molecule has 2 rings (SSSR count). The van der Waals surface area contributed by atoms with Gasteiger partial charge in [0.2, 0.25) is 0 Å². The SMILES string of the molecule is Cc1cccc(Oc2cc([N+](=O)[O-])cc(C(F)(F)F)c2)c1. The number of hydrogen-bond donors (Lipinski definition) is 0. The van der Waals surface area contributed by atoms with Crippen molar-refractivity contribution in [3.63, 3.8) is 0 Å². The van der Waals surface area contributed by atoms with E-state index in [2.05, 4.69) is 0 Å². The van der Waals surface area contributed by atoms with E-state index >= 15 is 0 Å². The van der Waals surface area contributed by atoms with E-state index in [1.165, 1.54) is 0 Å². The highest BCUT2D eigenvalue weighted by Crippen LogP contribution is 2.36. The number of nitrogens with zero attached hydrogens (tertiary/aromatic N) is 1. The molecule has 2 aromatic rings. The van der Waals surface area contributed by atoms with Gasteiger partial charge >= 0.3 is 6.18 Å². The summed E-state index contributed by atoms with van der Waals surface area (Å²) in [4.78, 5) is 9.83. The Hall–Kier alpha value is -2.57. The molecule has 0 atom stereocenters. The van der Waals surface area contributed by atoms with Gasteiger partial charge in [-0.2, -0.15) is 13.2 Å². The smallest absolute Gasteiger partial charge is 0.416 e. The Bertz CT molecular complexity index is 683. The van der Waals surface area contributed by atoms with E-state index in [0.29, 0.717) is 11.8 Å². The lowest BCUT2D eigenvalue weighted by Gasteiger charge is -2.10. The van der Waals surface area contributed by atoms with E-state index in [9.17, 15) is 23.3 Å². The number of aryl methyl sites for hydroxylation is 1. The maximum Gasteiger partial charge on any atom is 0.416 e. The molecule has 2 aromatic carbocycles. The molecule has 0 radical (unpaired) electrons. The van der Waals surface area contributed by atoms with Crippen LogP contribution in [-0.2, 0) is 6.18 Å². The van der Waals surface area contributed by atoms with E-state index in [4.69, 9.17) is 4.74 Å². The first kappa shape index (κ1) is 14.8. The number of nitro groups is 1. The summed E-state index contributed by atoms with van der Waals surface area (Å²) in [6, 6.07) is 8.80. The van der Waals surface area contributed by atoms with Gasteiger partial charge in [0.05, 0.1) is 16.6 Å². The van der Waals surface area contributed by atoms with Crippen molar-refractivity contribution in [2.24, 2.45) is 0 Å². The van der Waals surface area contributed by atoms with Crippen molar-refractivity contribution in [3.05, 3.63) is 63.7 Å². The summed E-state index contributed by atoms with van der Waals surface area (Å²) in [6.45, 7) is 1.79. The molecule has 0 N–H and O–H groups in total. The quantitative estimate of drug-likeness (QED) is 0.608. The van der Waals surface area contributed by atoms with Crippen LogP contribution in [0.4, 0.5) is 18.9 Å². The predicted octanol–water partition coefficient (Wildman–Crippen LogP) is 4.71. The van der Waals surface area contributed by atoms with E-state index in [1.54, 1.807) is 31.2 Å². The highest BCUT2D eigenvalue weighted by atomic mass is 19.4. The van der Waals surface area contributed by atoms with Gasteiger partial charge in [0, 0.05) is 6.07 Å². The minimum atomic E-state index is -4.68. The number of benzene rings is 2. The highest BCUT2D eigenvalue weighted by molar-refractivity contribution is 5.45. The largest absolute Gasteiger partial charge is 0.457 e. The average Bonchev–Trinajstić information content (AvgIpc) is 2.37. The van der Waals surface area contributed by atoms with Crippen LogP contribution in [0, 0.1) is 17.0 Å². The zero-order chi connectivity index (χ0) is 15.6. The molecular weight excluding hydrogens is 287 g/mol. The molecule has 0 saturated carbocycles. The van der Waals surface area contributed by atoms with Gasteiger partial charge in [0.15, 0.2) is 0 Å². The maximum atomic E-state index is 12.7. The molecule has 0 heterocycles. The van der Waals surface area contributed by atoms with Crippen LogP contribution in [0.5, 0.6) is 11.5 Å². The van der Waals surface area contributed by atoms with Crippen LogP contribution in [0.25, 0.3) is 0 Å². The van der Waals surface area contributed by atoms with Gasteiger partial charge < -0.3 is 4.74 Å². The molecule has 4 nitrogen and oxygen atoms in total. The minimum Gasteiger partial charge on any atom is -0.457 e. The van der Waals surface area contributed by atoms with Gasteiger partial charge in [0.1, 0.15) is 11.5 Å². The fourth-order valence-corrected chi connectivity index (χ4v) is 1.73. The predicted molar refractivity (Wildman–Crippen MR) is 69.4 cm³/mol. The van der Waals surface area contributed by atoms with Crippen LogP contribution in [-0.4, -0.2) is 4.92 Å². The third-order valence-electron chi connectivity index (χ3n) is 2.65. The number of rotatable bonds is 3. The molecule has 0 bridgehead atoms. The summed E-state index contributed by atoms with van der Waals surface area (Å²) in [5.41, 5.74) is -0.944. The molecule has 0 spiro atoms. The van der Waals surface area contributed by atoms with Crippen LogP contribution in [0.2, 0.25) is 0 Å². The molecule has 0 amide bonds. The molecular formula is C14H10F3NO3. The summed E-state index contributed by atoms with van der Waals surface area (Å²) in [7, 11) is 0. The molecule has 0 saturated heterocycles. The Balaban J connectivity index is 2.43. The fourth-order valence-electron chi connectivity index (χ4n) is 1.73. The van der Waals surface area contributed by atoms with Gasteiger partial charge in [-0.1, -0.05) is 12.1 Å². The first-order valence-electron chi connectivity index (χ1n) is 5.87. The van der Waals surface area contributed by atoms with Gasteiger partial charge in [-0.15, -0.1) is 0 Å². The summed E-state index contributed by atoms with van der Waals surface area (Å²) >= 11 is 0. The highest BCUT2D eigenvalue weighted by Gasteiger charge is 2.33. The number of hydrogen-bond acceptors (Lipinski definition) is 3. The van der Waals surface area contributed by atoms with Crippen molar-refractivity contribution in [2.45, 2.75) is 13.1 Å². The summed E-state index contributed by atoms with van der Waals surface area (Å²) in [5, 5.41) is 10.7. The van der Waals surface area contributed by atoms with Crippen molar-refractivity contribution in [1.82, 2.24) is 0 Å². The summed E-state index contributed by atoms with van der Waals surface area (Å²) < 4.78 is 43.5. The minimum absolute atomic E-state index is 0.234. The monoisotopic (exact) mass is 297 g/mol. The van der Waals surface area contributed by atoms with Crippen LogP contribution in [0.3, 0.4) is 0 Å². The third-order valence-corrected chi connectivity index (χ3v) is 2.65. The van der Waals surface area contributed by atoms with Gasteiger partial charge in [-0.05, 0) is 30.7 Å². The second kappa shape index (κ2) is 5.43. The van der Waals surface area contributed by atoms with Crippen molar-refractivity contribution < 1.29 is 22.8 Å². The van der Waals surface area contributed by atoms with Crippen LogP contribution < -0.4 is 4.74 Å². The molecule has 0 fully saturated rings. The third kappa shape index (κ3) is 3.71. The van der Waals surface area contributed by atoms with Crippen molar-refractivity contribution in [1.29, 1.82) is 0 Å². The summed E-state index contributed by atoms with van der Waals surface area (Å²) in [5.74, 6) is 0.0748. The van der Waals surface area contributed by atoms with Crippen molar-refractivity contribution >= 4 is 5.69 Å². The molecule has 110 valence electrons. The lowest BCUT2D eigenvalue weighted by molar-refractivity contribution is -0.385. The molecule has 0 aromatic heterocycles. The Morgan fingerprint density at radius 2 is 1.81 bits per heavy atom. The molecule has 0 aliphatic carbocycles. The Labute approximate surface area is 117 Å². The number of ether oxygens (including phenoxy) is 1. The molecule has 21 heavy (non-hydrogen) atoms. The number of alkyl halides is 3. The van der Waals surface area contributed by atoms with Gasteiger partial charge in [-0.25, -0.2) is 0 Å². The van der Waals surface area contributed by atoms with Crippen molar-refractivity contribution in [2.75, 3.05) is 0 Å². The second-order valence-corrected chi connectivity index (χ2v) is 4.39. The van der Waals surface area contributed by atoms with E-state index < -0.39 is 22.4 Å². The molecule has 0 aliphatic rings. The summed E-state index contributed by atoms with van der Waals surface area (Å²) in [6.07, 6.45) is -4.68. The number of nitro benzene ring substituents is 1. The van der Waals surface area contributed by atoms with E-state index in [1.807, 2.05) is 0 Å². The number of non-ortho nitro benzene ring substituents is 1. The standard InChI is InChI=1S/C14H10F3NO3/c1-9-3-2-4-12(5-9)21-13-7-10(14(15,16)17)6-11(8-13)18(19)20/h2-8H,1H3. The number of halogens is 3. The average molecular weight is 297 g/mol. The first-order chi connectivity index (χ1) is 9.75. The Morgan fingerprint density at radius 3 is 2.38 bits per heavy atom. The normalized spacial score (nSPS) is 11.2.